The zero-order chi connectivity index (χ0) is 12.2. The highest BCUT2D eigenvalue weighted by atomic mass is 79.9. The molecular weight excluding hydrogens is 272 g/mol. The molecule has 0 amide bonds. The molecule has 1 N–H and O–H groups in total. The average molecular weight is 287 g/mol. The monoisotopic (exact) mass is 286 g/mol. The molecule has 1 rings (SSSR count). The van der Waals surface area contributed by atoms with Crippen molar-refractivity contribution in [3.05, 3.63) is 34.3 Å². The van der Waals surface area contributed by atoms with Crippen molar-refractivity contribution in [3.63, 3.8) is 0 Å². The zero-order valence-corrected chi connectivity index (χ0v) is 11.0. The van der Waals surface area contributed by atoms with E-state index < -0.39 is 11.6 Å². The molecule has 3 nitrogen and oxygen atoms in total. The van der Waals surface area contributed by atoms with Crippen LogP contribution in [0.5, 0.6) is 0 Å². The van der Waals surface area contributed by atoms with Crippen molar-refractivity contribution in [1.82, 2.24) is 0 Å². The van der Waals surface area contributed by atoms with Gasteiger partial charge < -0.3 is 9.84 Å². The van der Waals surface area contributed by atoms with E-state index in [-0.39, 0.29) is 6.42 Å². The van der Waals surface area contributed by atoms with Gasteiger partial charge in [-0.3, -0.25) is 4.79 Å². The van der Waals surface area contributed by atoms with Gasteiger partial charge in [0.1, 0.15) is 0 Å². The van der Waals surface area contributed by atoms with Gasteiger partial charge in [0.25, 0.3) is 0 Å². The van der Waals surface area contributed by atoms with E-state index in [1.165, 1.54) is 0 Å². The van der Waals surface area contributed by atoms with E-state index in [2.05, 4.69) is 15.9 Å². The third kappa shape index (κ3) is 3.61. The van der Waals surface area contributed by atoms with Crippen LogP contribution in [0.4, 0.5) is 0 Å². The van der Waals surface area contributed by atoms with E-state index in [1.807, 2.05) is 12.1 Å². The number of benzene rings is 1. The Labute approximate surface area is 104 Å². The van der Waals surface area contributed by atoms with Crippen LogP contribution in [0.2, 0.25) is 0 Å². The second-order valence-electron chi connectivity index (χ2n) is 3.76. The summed E-state index contributed by atoms with van der Waals surface area (Å²) in [6, 6.07) is 7.22. The highest BCUT2D eigenvalue weighted by molar-refractivity contribution is 9.10. The third-order valence-electron chi connectivity index (χ3n) is 2.26. The number of carbonyl (C=O) groups excluding carboxylic acids is 1. The minimum atomic E-state index is -1.19. The maximum atomic E-state index is 11.3. The Hall–Kier alpha value is -0.870. The predicted molar refractivity (Wildman–Crippen MR) is 65.0 cm³/mol. The normalized spacial score (nSPS) is 14.2. The lowest BCUT2D eigenvalue weighted by Gasteiger charge is -2.22. The summed E-state index contributed by atoms with van der Waals surface area (Å²) in [5.41, 5.74) is -0.490. The van der Waals surface area contributed by atoms with Crippen molar-refractivity contribution >= 4 is 21.9 Å². The number of carbonyl (C=O) groups is 1. The van der Waals surface area contributed by atoms with Crippen LogP contribution in [0.25, 0.3) is 0 Å². The Kier molecular flexibility index (Phi) is 4.50. The number of aliphatic hydroxyl groups is 1. The lowest BCUT2D eigenvalue weighted by Crippen LogP contribution is -2.26. The van der Waals surface area contributed by atoms with Crippen LogP contribution < -0.4 is 0 Å². The van der Waals surface area contributed by atoms with Gasteiger partial charge in [-0.05, 0) is 31.5 Å². The van der Waals surface area contributed by atoms with Crippen LogP contribution in [-0.4, -0.2) is 17.7 Å². The molecule has 0 fully saturated rings. The van der Waals surface area contributed by atoms with Gasteiger partial charge in [-0.2, -0.15) is 0 Å². The van der Waals surface area contributed by atoms with Gasteiger partial charge in [0.2, 0.25) is 0 Å². The summed E-state index contributed by atoms with van der Waals surface area (Å²) in [5, 5.41) is 10.2. The van der Waals surface area contributed by atoms with E-state index in [0.717, 1.165) is 4.47 Å². The smallest absolute Gasteiger partial charge is 0.309 e. The number of hydrogen-bond donors (Lipinski definition) is 1. The highest BCUT2D eigenvalue weighted by Crippen LogP contribution is 2.26. The molecule has 88 valence electrons. The van der Waals surface area contributed by atoms with Gasteiger partial charge in [-0.1, -0.05) is 28.1 Å². The van der Waals surface area contributed by atoms with Crippen molar-refractivity contribution < 1.29 is 14.6 Å². The number of esters is 1. The zero-order valence-electron chi connectivity index (χ0n) is 9.37. The summed E-state index contributed by atoms with van der Waals surface area (Å²) in [5.74, 6) is -0.393. The van der Waals surface area contributed by atoms with Crippen LogP contribution in [0, 0.1) is 0 Å². The SMILES string of the molecule is CCOC(=O)CC(C)(O)c1ccc(Br)cc1. The third-order valence-corrected chi connectivity index (χ3v) is 2.79. The maximum absolute atomic E-state index is 11.3. The Balaban J connectivity index is 2.76. The quantitative estimate of drug-likeness (QED) is 0.866. The first-order valence-electron chi connectivity index (χ1n) is 5.10. The first-order valence-corrected chi connectivity index (χ1v) is 5.89. The molecule has 0 spiro atoms. The molecular formula is C12H15BrO3. The fourth-order valence-electron chi connectivity index (χ4n) is 1.40. The fourth-order valence-corrected chi connectivity index (χ4v) is 1.67. The van der Waals surface area contributed by atoms with Gasteiger partial charge in [0.05, 0.1) is 18.6 Å². The Morgan fingerprint density at radius 2 is 2.00 bits per heavy atom. The van der Waals surface area contributed by atoms with E-state index in [4.69, 9.17) is 4.74 Å². The number of halogens is 1. The van der Waals surface area contributed by atoms with E-state index >= 15 is 0 Å². The van der Waals surface area contributed by atoms with Gasteiger partial charge in [0.15, 0.2) is 0 Å². The number of hydrogen-bond acceptors (Lipinski definition) is 3. The lowest BCUT2D eigenvalue weighted by molar-refractivity contribution is -0.148. The second kappa shape index (κ2) is 5.46. The summed E-state index contributed by atoms with van der Waals surface area (Å²) in [6.45, 7) is 3.68. The van der Waals surface area contributed by atoms with Crippen LogP contribution in [-0.2, 0) is 15.1 Å². The Morgan fingerprint density at radius 1 is 1.44 bits per heavy atom. The molecule has 0 aliphatic heterocycles. The topological polar surface area (TPSA) is 46.5 Å². The molecule has 0 bridgehead atoms. The van der Waals surface area contributed by atoms with Crippen molar-refractivity contribution in [3.8, 4) is 0 Å². The first-order chi connectivity index (χ1) is 7.45. The van der Waals surface area contributed by atoms with Crippen LogP contribution in [0.3, 0.4) is 0 Å². The molecule has 0 heterocycles. The van der Waals surface area contributed by atoms with E-state index in [9.17, 15) is 9.90 Å². The molecule has 0 aromatic heterocycles. The molecule has 1 unspecified atom stereocenters. The van der Waals surface area contributed by atoms with Gasteiger partial charge in [0, 0.05) is 4.47 Å². The van der Waals surface area contributed by atoms with Crippen molar-refractivity contribution in [2.45, 2.75) is 25.9 Å². The molecule has 1 aromatic carbocycles. The largest absolute Gasteiger partial charge is 0.466 e. The standard InChI is InChI=1S/C12H15BrO3/c1-3-16-11(14)8-12(2,15)9-4-6-10(13)7-5-9/h4-7,15H,3,8H2,1-2H3. The maximum Gasteiger partial charge on any atom is 0.309 e. The number of ether oxygens (including phenoxy) is 1. The van der Waals surface area contributed by atoms with E-state index in [0.29, 0.717) is 12.2 Å². The molecule has 16 heavy (non-hydrogen) atoms. The molecule has 0 saturated heterocycles. The summed E-state index contributed by atoms with van der Waals surface area (Å²) < 4.78 is 5.75. The molecule has 1 aromatic rings. The highest BCUT2D eigenvalue weighted by Gasteiger charge is 2.27. The molecule has 0 radical (unpaired) electrons. The Bertz CT molecular complexity index is 357. The molecule has 1 atom stereocenters. The summed E-state index contributed by atoms with van der Waals surface area (Å²) in [4.78, 5) is 11.3. The molecule has 0 aliphatic carbocycles. The molecule has 0 aliphatic rings. The van der Waals surface area contributed by atoms with Crippen LogP contribution in [0.15, 0.2) is 28.7 Å². The van der Waals surface area contributed by atoms with Gasteiger partial charge in [-0.15, -0.1) is 0 Å². The van der Waals surface area contributed by atoms with Crippen molar-refractivity contribution in [1.29, 1.82) is 0 Å². The average Bonchev–Trinajstić information content (AvgIpc) is 2.17. The van der Waals surface area contributed by atoms with Gasteiger partial charge in [-0.25, -0.2) is 0 Å². The molecule has 0 saturated carbocycles. The van der Waals surface area contributed by atoms with Crippen LogP contribution in [0.1, 0.15) is 25.8 Å². The van der Waals surface area contributed by atoms with Gasteiger partial charge >= 0.3 is 5.97 Å². The minimum absolute atomic E-state index is 0.0392. The Morgan fingerprint density at radius 3 is 2.50 bits per heavy atom. The first kappa shape index (κ1) is 13.2. The van der Waals surface area contributed by atoms with Crippen molar-refractivity contribution in [2.24, 2.45) is 0 Å². The second-order valence-corrected chi connectivity index (χ2v) is 4.68. The lowest BCUT2D eigenvalue weighted by atomic mass is 9.93. The summed E-state index contributed by atoms with van der Waals surface area (Å²) in [7, 11) is 0. The minimum Gasteiger partial charge on any atom is -0.466 e. The van der Waals surface area contributed by atoms with Crippen LogP contribution >= 0.6 is 15.9 Å². The molecule has 4 heteroatoms. The summed E-state index contributed by atoms with van der Waals surface area (Å²) in [6.07, 6.45) is -0.0392. The van der Waals surface area contributed by atoms with E-state index in [1.54, 1.807) is 26.0 Å². The fraction of sp³-hybridized carbons (Fsp3) is 0.417. The predicted octanol–water partition coefficient (Wildman–Crippen LogP) is 2.61. The summed E-state index contributed by atoms with van der Waals surface area (Å²) >= 11 is 3.31. The van der Waals surface area contributed by atoms with Crippen molar-refractivity contribution in [2.75, 3.05) is 6.61 Å². The number of rotatable bonds is 4.